The molecule has 3 aromatic rings. The number of benzene rings is 2. The summed E-state index contributed by atoms with van der Waals surface area (Å²) in [6, 6.07) is 6.38. The first-order valence-corrected chi connectivity index (χ1v) is 8.84. The smallest absolute Gasteiger partial charge is 0.416 e. The third-order valence-electron chi connectivity index (χ3n) is 4.67. The third-order valence-corrected chi connectivity index (χ3v) is 4.67. The Morgan fingerprint density at radius 1 is 1.21 bits per heavy atom. The van der Waals surface area contributed by atoms with Crippen LogP contribution < -0.4 is 10.1 Å². The van der Waals surface area contributed by atoms with Crippen molar-refractivity contribution in [1.82, 2.24) is 0 Å². The van der Waals surface area contributed by atoms with Crippen molar-refractivity contribution in [1.29, 1.82) is 0 Å². The molecule has 0 unspecified atom stereocenters. The van der Waals surface area contributed by atoms with E-state index in [1.54, 1.807) is 13.2 Å². The van der Waals surface area contributed by atoms with Crippen molar-refractivity contribution < 1.29 is 27.1 Å². The molecule has 0 radical (unpaired) electrons. The number of hydrogen-bond acceptors (Lipinski definition) is 3. The van der Waals surface area contributed by atoms with Gasteiger partial charge in [0.25, 0.3) is 0 Å². The number of hydrogen-bond donors (Lipinski definition) is 1. The van der Waals surface area contributed by atoms with Gasteiger partial charge in [-0.15, -0.1) is 0 Å². The van der Waals surface area contributed by atoms with Gasteiger partial charge in [-0.2, -0.15) is 13.2 Å². The Balaban J connectivity index is 1.93. The van der Waals surface area contributed by atoms with Crippen molar-refractivity contribution in [3.63, 3.8) is 0 Å². The van der Waals surface area contributed by atoms with Crippen molar-refractivity contribution in [2.45, 2.75) is 26.9 Å². The van der Waals surface area contributed by atoms with Crippen LogP contribution in [0.4, 0.5) is 18.9 Å². The van der Waals surface area contributed by atoms with Crippen molar-refractivity contribution in [3.8, 4) is 5.75 Å². The van der Waals surface area contributed by atoms with E-state index in [0.717, 1.165) is 28.6 Å². The maximum atomic E-state index is 12.8. The molecule has 2 aromatic carbocycles. The first kappa shape index (κ1) is 20.5. The maximum Gasteiger partial charge on any atom is 0.416 e. The Morgan fingerprint density at radius 2 is 1.93 bits per heavy atom. The van der Waals surface area contributed by atoms with Gasteiger partial charge < -0.3 is 14.5 Å². The number of fused-ring (bicyclic) bond motifs is 1. The Morgan fingerprint density at radius 3 is 2.59 bits per heavy atom. The molecule has 0 aliphatic heterocycles. The third kappa shape index (κ3) is 4.13. The van der Waals surface area contributed by atoms with E-state index in [1.807, 2.05) is 19.9 Å². The van der Waals surface area contributed by atoms with Gasteiger partial charge in [-0.05, 0) is 56.2 Å². The number of carbonyl (C=O) groups is 1. The van der Waals surface area contributed by atoms with Crippen LogP contribution in [-0.4, -0.2) is 13.0 Å². The molecule has 0 aliphatic rings. The molecule has 0 aliphatic carbocycles. The highest BCUT2D eigenvalue weighted by atomic mass is 19.4. The van der Waals surface area contributed by atoms with Gasteiger partial charge in [0, 0.05) is 28.3 Å². The summed E-state index contributed by atoms with van der Waals surface area (Å²) in [6.07, 6.45) is -1.49. The van der Waals surface area contributed by atoms with Crippen LogP contribution >= 0.6 is 0 Å². The van der Waals surface area contributed by atoms with Crippen LogP contribution in [0.5, 0.6) is 5.75 Å². The van der Waals surface area contributed by atoms with Crippen molar-refractivity contribution in [2.24, 2.45) is 0 Å². The number of allylic oxidation sites excluding steroid dienone is 1. The minimum absolute atomic E-state index is 0.0677. The average Bonchev–Trinajstić information content (AvgIpc) is 3.02. The number of halogens is 3. The fourth-order valence-electron chi connectivity index (χ4n) is 3.22. The largest absolute Gasteiger partial charge is 0.496 e. The Labute approximate surface area is 166 Å². The molecule has 1 amide bonds. The van der Waals surface area contributed by atoms with Gasteiger partial charge >= 0.3 is 6.18 Å². The zero-order valence-corrected chi connectivity index (χ0v) is 16.4. The van der Waals surface area contributed by atoms with Crippen LogP contribution in [0.3, 0.4) is 0 Å². The van der Waals surface area contributed by atoms with E-state index >= 15 is 0 Å². The maximum absolute atomic E-state index is 12.8. The molecule has 7 heteroatoms. The number of furan rings is 1. The molecule has 1 heterocycles. The lowest BCUT2D eigenvalue weighted by Crippen LogP contribution is -2.11. The number of aryl methyl sites for hydroxylation is 2. The quantitative estimate of drug-likeness (QED) is 0.534. The highest BCUT2D eigenvalue weighted by molar-refractivity contribution is 6.05. The summed E-state index contributed by atoms with van der Waals surface area (Å²) >= 11 is 0. The van der Waals surface area contributed by atoms with Gasteiger partial charge in [-0.3, -0.25) is 4.79 Å². The fraction of sp³-hybridized carbons (Fsp3) is 0.227. The minimum atomic E-state index is -4.48. The molecular formula is C22H20F3NO3. The Hall–Kier alpha value is -3.22. The molecule has 4 nitrogen and oxygen atoms in total. The molecule has 0 saturated carbocycles. The molecule has 0 bridgehead atoms. The van der Waals surface area contributed by atoms with E-state index < -0.39 is 17.6 Å². The first-order valence-electron chi connectivity index (χ1n) is 8.84. The number of anilines is 1. The summed E-state index contributed by atoms with van der Waals surface area (Å²) in [5.41, 5.74) is 3.03. The monoisotopic (exact) mass is 403 g/mol. The topological polar surface area (TPSA) is 51.5 Å². The fourth-order valence-corrected chi connectivity index (χ4v) is 3.22. The summed E-state index contributed by atoms with van der Waals surface area (Å²) < 4.78 is 49.6. The molecule has 0 atom stereocenters. The summed E-state index contributed by atoms with van der Waals surface area (Å²) in [5.74, 6) is 0.0398. The number of rotatable bonds is 4. The summed E-state index contributed by atoms with van der Waals surface area (Å²) in [6.45, 7) is 5.52. The molecule has 1 aromatic heterocycles. The summed E-state index contributed by atoms with van der Waals surface area (Å²) in [7, 11) is 1.53. The number of alkyl halides is 3. The summed E-state index contributed by atoms with van der Waals surface area (Å²) in [4.78, 5) is 12.4. The van der Waals surface area contributed by atoms with Gasteiger partial charge in [-0.25, -0.2) is 0 Å². The number of methoxy groups -OCH3 is 1. The highest BCUT2D eigenvalue weighted by Gasteiger charge is 2.30. The first-order chi connectivity index (χ1) is 13.6. The van der Waals surface area contributed by atoms with E-state index in [0.29, 0.717) is 22.5 Å². The zero-order chi connectivity index (χ0) is 21.3. The minimum Gasteiger partial charge on any atom is -0.496 e. The highest BCUT2D eigenvalue weighted by Crippen LogP contribution is 2.37. The van der Waals surface area contributed by atoms with Crippen molar-refractivity contribution >= 4 is 28.1 Å². The molecule has 29 heavy (non-hydrogen) atoms. The molecule has 152 valence electrons. The number of carbonyl (C=O) groups excluding carboxylic acids is 1. The molecular weight excluding hydrogens is 383 g/mol. The molecule has 1 N–H and O–H groups in total. The lowest BCUT2D eigenvalue weighted by Gasteiger charge is -2.13. The number of nitrogens with one attached hydrogen (secondary N) is 1. The van der Waals surface area contributed by atoms with Gasteiger partial charge in [0.1, 0.15) is 11.3 Å². The lowest BCUT2D eigenvalue weighted by molar-refractivity contribution is -0.137. The molecule has 0 fully saturated rings. The second-order valence-electron chi connectivity index (χ2n) is 6.77. The van der Waals surface area contributed by atoms with Gasteiger partial charge in [0.05, 0.1) is 18.9 Å². The zero-order valence-electron chi connectivity index (χ0n) is 16.4. The van der Waals surface area contributed by atoms with Crippen LogP contribution in [0, 0.1) is 13.8 Å². The van der Waals surface area contributed by atoms with Gasteiger partial charge in [-0.1, -0.05) is 6.07 Å². The van der Waals surface area contributed by atoms with Crippen molar-refractivity contribution in [3.05, 3.63) is 64.9 Å². The normalized spacial score (nSPS) is 12.3. The Kier molecular flexibility index (Phi) is 5.42. The van der Waals surface area contributed by atoms with E-state index in [9.17, 15) is 18.0 Å². The molecule has 0 spiro atoms. The van der Waals surface area contributed by atoms with Crippen LogP contribution in [-0.2, 0) is 11.0 Å². The van der Waals surface area contributed by atoms with E-state index in [4.69, 9.17) is 9.15 Å². The second kappa shape index (κ2) is 7.66. The standard InChI is InChI=1S/C22H20F3NO3/c1-12(8-19(27)26-16-7-5-6-15(9-16)22(23,24)25)17-10-18-13(2)11-29-21(18)14(3)20(17)28-4/h5-11H,1-4H3,(H,26,27)/b12-8+. The summed E-state index contributed by atoms with van der Waals surface area (Å²) in [5, 5.41) is 3.38. The van der Waals surface area contributed by atoms with E-state index in [2.05, 4.69) is 5.32 Å². The van der Waals surface area contributed by atoms with Crippen molar-refractivity contribution in [2.75, 3.05) is 12.4 Å². The van der Waals surface area contributed by atoms with E-state index in [-0.39, 0.29) is 5.69 Å². The van der Waals surface area contributed by atoms with Gasteiger partial charge in [0.2, 0.25) is 5.91 Å². The van der Waals surface area contributed by atoms with Crippen LogP contribution in [0.1, 0.15) is 29.2 Å². The SMILES string of the molecule is COc1c(/C(C)=C/C(=O)Nc2cccc(C(F)(F)F)c2)cc2c(C)coc2c1C. The molecule has 3 rings (SSSR count). The number of ether oxygens (including phenoxy) is 1. The van der Waals surface area contributed by atoms with Crippen LogP contribution in [0.2, 0.25) is 0 Å². The molecule has 0 saturated heterocycles. The predicted octanol–water partition coefficient (Wildman–Crippen LogP) is 6.12. The van der Waals surface area contributed by atoms with Crippen LogP contribution in [0.15, 0.2) is 47.1 Å². The second-order valence-corrected chi connectivity index (χ2v) is 6.77. The average molecular weight is 403 g/mol. The predicted molar refractivity (Wildman–Crippen MR) is 106 cm³/mol. The lowest BCUT2D eigenvalue weighted by atomic mass is 9.98. The van der Waals surface area contributed by atoms with Crippen LogP contribution in [0.25, 0.3) is 16.5 Å². The van der Waals surface area contributed by atoms with E-state index in [1.165, 1.54) is 25.3 Å². The number of amides is 1. The van der Waals surface area contributed by atoms with Gasteiger partial charge in [0.15, 0.2) is 0 Å². The Bertz CT molecular complexity index is 1110.